The molecule has 0 aliphatic carbocycles. The van der Waals surface area contributed by atoms with Crippen molar-refractivity contribution in [3.05, 3.63) is 23.8 Å². The van der Waals surface area contributed by atoms with Crippen molar-refractivity contribution in [2.75, 3.05) is 32.8 Å². The molecule has 0 saturated carbocycles. The summed E-state index contributed by atoms with van der Waals surface area (Å²) in [6.45, 7) is 8.58. The first kappa shape index (κ1) is 14.7. The van der Waals surface area contributed by atoms with Crippen LogP contribution in [0.2, 0.25) is 0 Å². The van der Waals surface area contributed by atoms with E-state index in [1.807, 2.05) is 18.2 Å². The van der Waals surface area contributed by atoms with Gasteiger partial charge in [0.2, 0.25) is 0 Å². The summed E-state index contributed by atoms with van der Waals surface area (Å²) in [6.07, 6.45) is 2.00. The lowest BCUT2D eigenvalue weighted by Gasteiger charge is -2.39. The van der Waals surface area contributed by atoms with E-state index < -0.39 is 6.10 Å². The Hall–Kier alpha value is -1.26. The number of likely N-dealkylation sites (tertiary alicyclic amines) is 1. The van der Waals surface area contributed by atoms with Gasteiger partial charge in [0, 0.05) is 13.1 Å². The van der Waals surface area contributed by atoms with Gasteiger partial charge in [0.25, 0.3) is 0 Å². The van der Waals surface area contributed by atoms with Gasteiger partial charge >= 0.3 is 0 Å². The van der Waals surface area contributed by atoms with Gasteiger partial charge in [0.1, 0.15) is 13.2 Å². The van der Waals surface area contributed by atoms with Crippen LogP contribution in [0.3, 0.4) is 0 Å². The van der Waals surface area contributed by atoms with Gasteiger partial charge in [-0.25, -0.2) is 0 Å². The first-order valence-electron chi connectivity index (χ1n) is 7.83. The number of piperidine rings is 1. The SMILES string of the molecule is CC1(C)CCCN(CC(O)c2ccc3c(c2)OCCO3)C1. The number of hydrogen-bond acceptors (Lipinski definition) is 4. The van der Waals surface area contributed by atoms with Gasteiger partial charge in [0.15, 0.2) is 11.5 Å². The quantitative estimate of drug-likeness (QED) is 0.929. The van der Waals surface area contributed by atoms with Gasteiger partial charge in [-0.1, -0.05) is 19.9 Å². The van der Waals surface area contributed by atoms with Crippen LogP contribution < -0.4 is 9.47 Å². The van der Waals surface area contributed by atoms with Crippen molar-refractivity contribution >= 4 is 0 Å². The maximum atomic E-state index is 10.5. The molecule has 2 aliphatic rings. The van der Waals surface area contributed by atoms with Crippen LogP contribution in [0.25, 0.3) is 0 Å². The van der Waals surface area contributed by atoms with E-state index in [2.05, 4.69) is 18.7 Å². The summed E-state index contributed by atoms with van der Waals surface area (Å²) in [7, 11) is 0. The highest BCUT2D eigenvalue weighted by Gasteiger charge is 2.27. The van der Waals surface area contributed by atoms with E-state index in [4.69, 9.17) is 9.47 Å². The number of benzene rings is 1. The first-order chi connectivity index (χ1) is 10.0. The third kappa shape index (κ3) is 3.50. The average Bonchev–Trinajstić information content (AvgIpc) is 2.45. The number of ether oxygens (including phenoxy) is 2. The smallest absolute Gasteiger partial charge is 0.161 e. The van der Waals surface area contributed by atoms with E-state index in [-0.39, 0.29) is 0 Å². The fourth-order valence-corrected chi connectivity index (χ4v) is 3.32. The predicted octanol–water partition coefficient (Wildman–Crippen LogP) is 2.61. The predicted molar refractivity (Wildman–Crippen MR) is 81.8 cm³/mol. The summed E-state index contributed by atoms with van der Waals surface area (Å²) < 4.78 is 11.1. The molecular formula is C17H25NO3. The minimum Gasteiger partial charge on any atom is -0.486 e. The van der Waals surface area contributed by atoms with Crippen LogP contribution >= 0.6 is 0 Å². The van der Waals surface area contributed by atoms with Crippen LogP contribution in [-0.4, -0.2) is 42.9 Å². The highest BCUT2D eigenvalue weighted by Crippen LogP contribution is 2.34. The van der Waals surface area contributed by atoms with Crippen LogP contribution in [0.1, 0.15) is 38.4 Å². The van der Waals surface area contributed by atoms with Crippen molar-refractivity contribution in [2.45, 2.75) is 32.8 Å². The molecule has 0 bridgehead atoms. The molecule has 1 N–H and O–H groups in total. The summed E-state index contributed by atoms with van der Waals surface area (Å²) in [5.74, 6) is 1.52. The summed E-state index contributed by atoms with van der Waals surface area (Å²) in [4.78, 5) is 2.37. The third-order valence-corrected chi connectivity index (χ3v) is 4.36. The van der Waals surface area contributed by atoms with Crippen molar-refractivity contribution in [3.8, 4) is 11.5 Å². The number of rotatable bonds is 3. The molecule has 1 atom stereocenters. The first-order valence-corrected chi connectivity index (χ1v) is 7.83. The van der Waals surface area contributed by atoms with E-state index >= 15 is 0 Å². The normalized spacial score (nSPS) is 22.8. The Morgan fingerprint density at radius 3 is 2.76 bits per heavy atom. The summed E-state index contributed by atoms with van der Waals surface area (Å²) >= 11 is 0. The monoisotopic (exact) mass is 291 g/mol. The molecule has 1 aromatic carbocycles. The number of β-amino-alcohol motifs (C(OH)–C–C–N with tert-alkyl or cyclic N) is 1. The Kier molecular flexibility index (Phi) is 4.09. The van der Waals surface area contributed by atoms with E-state index in [0.29, 0.717) is 25.2 Å². The molecule has 116 valence electrons. The summed E-state index contributed by atoms with van der Waals surface area (Å²) in [6, 6.07) is 5.74. The molecule has 0 amide bonds. The molecule has 2 aliphatic heterocycles. The number of aliphatic hydroxyl groups excluding tert-OH is 1. The maximum absolute atomic E-state index is 10.5. The topological polar surface area (TPSA) is 41.9 Å². The second-order valence-corrected chi connectivity index (χ2v) is 6.92. The molecule has 4 heteroatoms. The zero-order valence-corrected chi connectivity index (χ0v) is 13.0. The van der Waals surface area contributed by atoms with Crippen LogP contribution in [0, 0.1) is 5.41 Å². The lowest BCUT2D eigenvalue weighted by molar-refractivity contribution is 0.0595. The molecule has 4 nitrogen and oxygen atoms in total. The molecule has 21 heavy (non-hydrogen) atoms. The van der Waals surface area contributed by atoms with Crippen LogP contribution in [0.5, 0.6) is 11.5 Å². The molecule has 2 heterocycles. The molecule has 1 aromatic rings. The number of fused-ring (bicyclic) bond motifs is 1. The summed E-state index contributed by atoms with van der Waals surface area (Å²) in [5, 5.41) is 10.5. The van der Waals surface area contributed by atoms with Crippen LogP contribution in [-0.2, 0) is 0 Å². The van der Waals surface area contributed by atoms with E-state index in [9.17, 15) is 5.11 Å². The fraction of sp³-hybridized carbons (Fsp3) is 0.647. The van der Waals surface area contributed by atoms with Gasteiger partial charge in [-0.3, -0.25) is 4.90 Å². The Morgan fingerprint density at radius 1 is 1.24 bits per heavy atom. The fourth-order valence-electron chi connectivity index (χ4n) is 3.32. The van der Waals surface area contributed by atoms with Gasteiger partial charge in [-0.05, 0) is 42.5 Å². The standard InChI is InChI=1S/C17H25NO3/c1-17(2)6-3-7-18(12-17)11-14(19)13-4-5-15-16(10-13)21-9-8-20-15/h4-5,10,14,19H,3,6-9,11-12H2,1-2H3. The van der Waals surface area contributed by atoms with Gasteiger partial charge in [0.05, 0.1) is 6.10 Å². The molecule has 1 saturated heterocycles. The van der Waals surface area contributed by atoms with E-state index in [0.717, 1.165) is 30.2 Å². The zero-order chi connectivity index (χ0) is 14.9. The minimum absolute atomic E-state index is 0.352. The summed E-state index contributed by atoms with van der Waals surface area (Å²) in [5.41, 5.74) is 1.26. The Bertz CT molecular complexity index is 501. The van der Waals surface area contributed by atoms with Crippen molar-refractivity contribution < 1.29 is 14.6 Å². The van der Waals surface area contributed by atoms with Crippen LogP contribution in [0.15, 0.2) is 18.2 Å². The van der Waals surface area contributed by atoms with Gasteiger partial charge in [-0.2, -0.15) is 0 Å². The second-order valence-electron chi connectivity index (χ2n) is 6.92. The van der Waals surface area contributed by atoms with Gasteiger partial charge < -0.3 is 14.6 Å². The Morgan fingerprint density at radius 2 is 2.00 bits per heavy atom. The van der Waals surface area contributed by atoms with Crippen molar-refractivity contribution in [2.24, 2.45) is 5.41 Å². The van der Waals surface area contributed by atoms with Crippen molar-refractivity contribution in [1.29, 1.82) is 0 Å². The number of nitrogens with zero attached hydrogens (tertiary/aromatic N) is 1. The Labute approximate surface area is 126 Å². The lowest BCUT2D eigenvalue weighted by atomic mass is 9.84. The third-order valence-electron chi connectivity index (χ3n) is 4.36. The van der Waals surface area contributed by atoms with E-state index in [1.165, 1.54) is 12.8 Å². The van der Waals surface area contributed by atoms with Crippen LogP contribution in [0.4, 0.5) is 0 Å². The zero-order valence-electron chi connectivity index (χ0n) is 13.0. The molecule has 1 unspecified atom stereocenters. The largest absolute Gasteiger partial charge is 0.486 e. The highest BCUT2D eigenvalue weighted by atomic mass is 16.6. The molecular weight excluding hydrogens is 266 g/mol. The molecule has 0 radical (unpaired) electrons. The van der Waals surface area contributed by atoms with Crippen molar-refractivity contribution in [1.82, 2.24) is 4.90 Å². The Balaban J connectivity index is 1.66. The average molecular weight is 291 g/mol. The number of hydrogen-bond donors (Lipinski definition) is 1. The molecule has 1 fully saturated rings. The minimum atomic E-state index is -0.477. The maximum Gasteiger partial charge on any atom is 0.161 e. The number of aliphatic hydroxyl groups is 1. The second kappa shape index (κ2) is 5.85. The van der Waals surface area contributed by atoms with Crippen molar-refractivity contribution in [3.63, 3.8) is 0 Å². The highest BCUT2D eigenvalue weighted by molar-refractivity contribution is 5.44. The van der Waals surface area contributed by atoms with E-state index in [1.54, 1.807) is 0 Å². The molecule has 0 spiro atoms. The lowest BCUT2D eigenvalue weighted by Crippen LogP contribution is -2.41. The molecule has 0 aromatic heterocycles. The van der Waals surface area contributed by atoms with Gasteiger partial charge in [-0.15, -0.1) is 0 Å². The molecule has 3 rings (SSSR count).